The lowest BCUT2D eigenvalue weighted by molar-refractivity contribution is -0.0511. The fourth-order valence-corrected chi connectivity index (χ4v) is 3.77. The maximum Gasteiger partial charge on any atom is 0.247 e. The summed E-state index contributed by atoms with van der Waals surface area (Å²) in [7, 11) is 0. The van der Waals surface area contributed by atoms with Gasteiger partial charge in [0, 0.05) is 6.21 Å². The van der Waals surface area contributed by atoms with Crippen molar-refractivity contribution in [1.29, 1.82) is 0 Å². The second-order valence-electron chi connectivity index (χ2n) is 7.27. The molecule has 3 heterocycles. The van der Waals surface area contributed by atoms with Crippen molar-refractivity contribution in [1.82, 2.24) is 19.5 Å². The number of aliphatic hydroxyl groups excluding tert-OH is 3. The Morgan fingerprint density at radius 1 is 1.25 bits per heavy atom. The van der Waals surface area contributed by atoms with Crippen molar-refractivity contribution in [3.8, 4) is 0 Å². The zero-order chi connectivity index (χ0) is 19.7. The normalized spacial score (nSPS) is 29.1. The third kappa shape index (κ3) is 3.53. The highest BCUT2D eigenvalue weighted by Crippen LogP contribution is 2.32. The molecule has 0 aromatic carbocycles. The van der Waals surface area contributed by atoms with Crippen LogP contribution in [0.2, 0.25) is 0 Å². The van der Waals surface area contributed by atoms with E-state index < -0.39 is 31.1 Å². The second kappa shape index (κ2) is 7.95. The van der Waals surface area contributed by atoms with E-state index in [2.05, 4.69) is 25.5 Å². The van der Waals surface area contributed by atoms with Gasteiger partial charge in [0.05, 0.1) is 12.9 Å². The molecule has 0 spiro atoms. The van der Waals surface area contributed by atoms with Crippen LogP contribution in [-0.4, -0.2) is 66.0 Å². The molecule has 4 atom stereocenters. The van der Waals surface area contributed by atoms with Crippen molar-refractivity contribution in [2.24, 2.45) is 11.0 Å². The Morgan fingerprint density at radius 2 is 2.04 bits per heavy atom. The average Bonchev–Trinajstić information content (AvgIpc) is 3.24. The van der Waals surface area contributed by atoms with Crippen LogP contribution in [0.5, 0.6) is 0 Å². The van der Waals surface area contributed by atoms with E-state index in [0.717, 1.165) is 12.8 Å². The van der Waals surface area contributed by atoms with E-state index in [-0.39, 0.29) is 11.8 Å². The van der Waals surface area contributed by atoms with Crippen molar-refractivity contribution in [3.63, 3.8) is 0 Å². The molecular weight excluding hydrogens is 366 g/mol. The molecule has 4 rings (SSSR count). The van der Waals surface area contributed by atoms with E-state index >= 15 is 0 Å². The summed E-state index contributed by atoms with van der Waals surface area (Å²) < 4.78 is 7.01. The van der Waals surface area contributed by atoms with Gasteiger partial charge in [-0.15, -0.1) is 0 Å². The standard InChI is InChI=1S/C17H25N7O4/c18-14-11-15(22-17(21-14)23-20-6-9-4-2-1-3-5-9)24(8-19-11)16-13(27)12(26)10(7-25)28-16/h6,8-10,12-13,16,25-27H,1-5,7H2,(H3,18,21,22,23)/t10-,12+,13-,16-/m1/s1. The topological polar surface area (TPSA) is 164 Å². The molecule has 0 radical (unpaired) electrons. The highest BCUT2D eigenvalue weighted by molar-refractivity contribution is 5.83. The number of anilines is 2. The number of imidazole rings is 1. The molecule has 152 valence electrons. The van der Waals surface area contributed by atoms with Gasteiger partial charge in [-0.05, 0) is 18.8 Å². The van der Waals surface area contributed by atoms with Crippen LogP contribution in [-0.2, 0) is 4.74 Å². The summed E-state index contributed by atoms with van der Waals surface area (Å²) >= 11 is 0. The zero-order valence-corrected chi connectivity index (χ0v) is 15.3. The summed E-state index contributed by atoms with van der Waals surface area (Å²) in [4.78, 5) is 12.7. The molecule has 0 amide bonds. The van der Waals surface area contributed by atoms with Crippen LogP contribution >= 0.6 is 0 Å². The molecule has 1 saturated carbocycles. The molecule has 6 N–H and O–H groups in total. The van der Waals surface area contributed by atoms with Gasteiger partial charge >= 0.3 is 0 Å². The van der Waals surface area contributed by atoms with Crippen LogP contribution in [0.3, 0.4) is 0 Å². The van der Waals surface area contributed by atoms with Crippen LogP contribution in [0.25, 0.3) is 11.2 Å². The summed E-state index contributed by atoms with van der Waals surface area (Å²) in [6, 6.07) is 0. The number of aromatic nitrogens is 4. The van der Waals surface area contributed by atoms with Gasteiger partial charge in [-0.25, -0.2) is 10.4 Å². The molecule has 0 unspecified atom stereocenters. The molecule has 2 aliphatic rings. The monoisotopic (exact) mass is 391 g/mol. The molecule has 2 aromatic heterocycles. The number of hydrazone groups is 1. The van der Waals surface area contributed by atoms with Gasteiger partial charge in [-0.2, -0.15) is 15.1 Å². The first-order valence-electron chi connectivity index (χ1n) is 9.50. The summed E-state index contributed by atoms with van der Waals surface area (Å²) in [5, 5.41) is 33.8. The lowest BCUT2D eigenvalue weighted by atomic mass is 9.90. The fraction of sp³-hybridized carbons (Fsp3) is 0.647. The van der Waals surface area contributed by atoms with Crippen molar-refractivity contribution >= 4 is 29.1 Å². The van der Waals surface area contributed by atoms with E-state index in [1.54, 1.807) is 0 Å². The Hall–Kier alpha value is -2.34. The average molecular weight is 391 g/mol. The number of hydrogen-bond acceptors (Lipinski definition) is 10. The summed E-state index contributed by atoms with van der Waals surface area (Å²) in [5.41, 5.74) is 9.47. The van der Waals surface area contributed by atoms with E-state index in [4.69, 9.17) is 10.5 Å². The first-order valence-corrected chi connectivity index (χ1v) is 9.50. The van der Waals surface area contributed by atoms with Crippen molar-refractivity contribution < 1.29 is 20.1 Å². The molecule has 1 aliphatic carbocycles. The van der Waals surface area contributed by atoms with Crippen LogP contribution < -0.4 is 11.2 Å². The number of fused-ring (bicyclic) bond motifs is 1. The molecule has 2 aromatic rings. The lowest BCUT2D eigenvalue weighted by Crippen LogP contribution is -2.33. The van der Waals surface area contributed by atoms with Gasteiger partial charge in [0.2, 0.25) is 5.95 Å². The van der Waals surface area contributed by atoms with E-state index in [1.165, 1.54) is 30.2 Å². The minimum Gasteiger partial charge on any atom is -0.394 e. The first kappa shape index (κ1) is 19.0. The van der Waals surface area contributed by atoms with E-state index in [0.29, 0.717) is 17.1 Å². The Kier molecular flexibility index (Phi) is 5.40. The predicted octanol–water partition coefficient (Wildman–Crippen LogP) is -0.00200. The van der Waals surface area contributed by atoms with Gasteiger partial charge in [0.25, 0.3) is 0 Å². The quantitative estimate of drug-likeness (QED) is 0.348. The number of ether oxygens (including phenoxy) is 1. The van der Waals surface area contributed by atoms with Gasteiger partial charge in [0.1, 0.15) is 23.8 Å². The summed E-state index contributed by atoms with van der Waals surface area (Å²) in [5.74, 6) is 0.809. The van der Waals surface area contributed by atoms with Crippen LogP contribution in [0.4, 0.5) is 11.8 Å². The summed E-state index contributed by atoms with van der Waals surface area (Å²) in [6.07, 6.45) is 4.95. The maximum atomic E-state index is 10.3. The third-order valence-electron chi connectivity index (χ3n) is 5.34. The first-order chi connectivity index (χ1) is 13.6. The van der Waals surface area contributed by atoms with Gasteiger partial charge in [-0.1, -0.05) is 19.3 Å². The minimum absolute atomic E-state index is 0.158. The van der Waals surface area contributed by atoms with E-state index in [9.17, 15) is 15.3 Å². The lowest BCUT2D eigenvalue weighted by Gasteiger charge is -2.17. The highest BCUT2D eigenvalue weighted by atomic mass is 16.6. The number of nitrogen functional groups attached to an aromatic ring is 1. The Balaban J connectivity index is 1.57. The SMILES string of the molecule is Nc1nc(NN=CC2CCCCC2)nc2c1ncn2[C@@H]1O[C@H](CO)[C@H](O)[C@H]1O. The smallest absolute Gasteiger partial charge is 0.247 e. The highest BCUT2D eigenvalue weighted by Gasteiger charge is 2.44. The van der Waals surface area contributed by atoms with Crippen LogP contribution in [0.15, 0.2) is 11.4 Å². The molecule has 28 heavy (non-hydrogen) atoms. The second-order valence-corrected chi connectivity index (χ2v) is 7.27. The minimum atomic E-state index is -1.24. The Bertz CT molecular complexity index is 851. The van der Waals surface area contributed by atoms with Gasteiger partial charge in [0.15, 0.2) is 17.7 Å². The molecule has 0 bridgehead atoms. The molecule has 1 aliphatic heterocycles. The van der Waals surface area contributed by atoms with Crippen molar-refractivity contribution in [2.75, 3.05) is 17.8 Å². The Labute approximate surface area is 161 Å². The number of nitrogens with two attached hydrogens (primary N) is 1. The number of rotatable bonds is 5. The number of aliphatic hydroxyl groups is 3. The molecule has 2 fully saturated rings. The van der Waals surface area contributed by atoms with Crippen LogP contribution in [0.1, 0.15) is 38.3 Å². The van der Waals surface area contributed by atoms with Gasteiger partial charge < -0.3 is 25.8 Å². The maximum absolute atomic E-state index is 10.3. The third-order valence-corrected chi connectivity index (χ3v) is 5.34. The number of nitrogens with one attached hydrogen (secondary N) is 1. The number of nitrogens with zero attached hydrogens (tertiary/aromatic N) is 5. The van der Waals surface area contributed by atoms with Crippen molar-refractivity contribution in [2.45, 2.75) is 56.6 Å². The predicted molar refractivity (Wildman–Crippen MR) is 101 cm³/mol. The molecular formula is C17H25N7O4. The Morgan fingerprint density at radius 3 is 2.75 bits per heavy atom. The molecule has 1 saturated heterocycles. The molecule has 11 nitrogen and oxygen atoms in total. The largest absolute Gasteiger partial charge is 0.394 e. The fourth-order valence-electron chi connectivity index (χ4n) is 3.77. The van der Waals surface area contributed by atoms with Crippen molar-refractivity contribution in [3.05, 3.63) is 6.33 Å². The number of hydrogen-bond donors (Lipinski definition) is 5. The molecule has 11 heteroatoms. The van der Waals surface area contributed by atoms with E-state index in [1.807, 2.05) is 6.21 Å². The van der Waals surface area contributed by atoms with Crippen LogP contribution in [0, 0.1) is 5.92 Å². The van der Waals surface area contributed by atoms with Gasteiger partial charge in [-0.3, -0.25) is 4.57 Å². The summed E-state index contributed by atoms with van der Waals surface area (Å²) in [6.45, 7) is -0.416. The zero-order valence-electron chi connectivity index (χ0n) is 15.3.